The van der Waals surface area contributed by atoms with Crippen LogP contribution in [0.15, 0.2) is 66.7 Å². The van der Waals surface area contributed by atoms with E-state index in [2.05, 4.69) is 15.6 Å². The Bertz CT molecular complexity index is 1440. The molecule has 1 N–H and O–H groups in total. The topological polar surface area (TPSA) is 80.1 Å². The van der Waals surface area contributed by atoms with E-state index in [9.17, 15) is 9.59 Å². The molecule has 0 bridgehead atoms. The summed E-state index contributed by atoms with van der Waals surface area (Å²) >= 11 is 0. The van der Waals surface area contributed by atoms with Crippen molar-refractivity contribution in [3.05, 3.63) is 89.2 Å². The number of amides is 2. The van der Waals surface area contributed by atoms with Gasteiger partial charge >= 0.3 is 0 Å². The quantitative estimate of drug-likeness (QED) is 0.387. The number of benzene rings is 3. The lowest BCUT2D eigenvalue weighted by Crippen LogP contribution is -2.48. The van der Waals surface area contributed by atoms with Crippen molar-refractivity contribution in [2.24, 2.45) is 0 Å². The third kappa shape index (κ3) is 5.09. The molecule has 1 saturated carbocycles. The number of aromatic nitrogens is 3. The standard InChI is InChI=1S/C29H30FN5O2/c1-19-15-16-20(2)26(17-19)35(27(36)18-34-25-14-8-7-13-24(25)32-33-34)28(22-11-5-6-12-23(22)30)29(37)31-21-9-3-4-10-21/h5-8,11-17,21,28H,3-4,9-10,18H2,1-2H3,(H,31,37)/t28-/m1/s1. The maximum Gasteiger partial charge on any atom is 0.249 e. The Balaban J connectivity index is 1.62. The van der Waals surface area contributed by atoms with Crippen molar-refractivity contribution in [2.75, 3.05) is 4.90 Å². The minimum absolute atomic E-state index is 0.0107. The fourth-order valence-corrected chi connectivity index (χ4v) is 5.08. The van der Waals surface area contributed by atoms with E-state index in [-0.39, 0.29) is 24.1 Å². The zero-order chi connectivity index (χ0) is 25.9. The van der Waals surface area contributed by atoms with Gasteiger partial charge in [0, 0.05) is 17.3 Å². The van der Waals surface area contributed by atoms with Crippen molar-refractivity contribution >= 4 is 28.5 Å². The van der Waals surface area contributed by atoms with Gasteiger partial charge in [-0.3, -0.25) is 14.5 Å². The average molecular weight is 500 g/mol. The SMILES string of the molecule is Cc1ccc(C)c(N(C(=O)Cn2nnc3ccccc32)[C@@H](C(=O)NC2CCCC2)c2ccccc2F)c1. The van der Waals surface area contributed by atoms with Crippen molar-refractivity contribution in [1.29, 1.82) is 0 Å². The van der Waals surface area contributed by atoms with Gasteiger partial charge in [-0.2, -0.15) is 0 Å². The molecule has 1 aliphatic carbocycles. The number of nitrogens with one attached hydrogen (secondary N) is 1. The van der Waals surface area contributed by atoms with E-state index in [4.69, 9.17) is 0 Å². The number of fused-ring (bicyclic) bond motifs is 1. The lowest BCUT2D eigenvalue weighted by molar-refractivity contribution is -0.127. The van der Waals surface area contributed by atoms with Crippen LogP contribution in [-0.2, 0) is 16.1 Å². The molecule has 1 fully saturated rings. The Morgan fingerprint density at radius 1 is 1.05 bits per heavy atom. The summed E-state index contributed by atoms with van der Waals surface area (Å²) in [5, 5.41) is 11.4. The molecule has 0 aliphatic heterocycles. The highest BCUT2D eigenvalue weighted by molar-refractivity contribution is 6.02. The first-order chi connectivity index (χ1) is 17.9. The van der Waals surface area contributed by atoms with Gasteiger partial charge in [0.15, 0.2) is 0 Å². The molecule has 5 rings (SSSR count). The lowest BCUT2D eigenvalue weighted by Gasteiger charge is -2.33. The zero-order valence-corrected chi connectivity index (χ0v) is 21.0. The summed E-state index contributed by atoms with van der Waals surface area (Å²) in [4.78, 5) is 29.4. The first-order valence-corrected chi connectivity index (χ1v) is 12.6. The second-order valence-corrected chi connectivity index (χ2v) is 9.70. The minimum Gasteiger partial charge on any atom is -0.351 e. The van der Waals surface area contributed by atoms with E-state index in [1.807, 2.05) is 56.3 Å². The number of halogens is 1. The highest BCUT2D eigenvalue weighted by atomic mass is 19.1. The van der Waals surface area contributed by atoms with Gasteiger partial charge in [-0.05, 0) is 62.1 Å². The number of rotatable bonds is 7. The number of aryl methyl sites for hydroxylation is 2. The highest BCUT2D eigenvalue weighted by Gasteiger charge is 2.36. The summed E-state index contributed by atoms with van der Waals surface area (Å²) < 4.78 is 16.8. The molecule has 4 aromatic rings. The Morgan fingerprint density at radius 2 is 1.78 bits per heavy atom. The third-order valence-electron chi connectivity index (χ3n) is 7.01. The van der Waals surface area contributed by atoms with Gasteiger partial charge in [0.25, 0.3) is 0 Å². The molecule has 1 aromatic heterocycles. The van der Waals surface area contributed by atoms with Crippen LogP contribution in [0.3, 0.4) is 0 Å². The van der Waals surface area contributed by atoms with Crippen LogP contribution in [-0.4, -0.2) is 32.9 Å². The van der Waals surface area contributed by atoms with Gasteiger partial charge in [-0.15, -0.1) is 5.10 Å². The van der Waals surface area contributed by atoms with E-state index in [1.54, 1.807) is 18.2 Å². The van der Waals surface area contributed by atoms with Crippen LogP contribution in [0.5, 0.6) is 0 Å². The van der Waals surface area contributed by atoms with Gasteiger partial charge in [0.1, 0.15) is 23.9 Å². The van der Waals surface area contributed by atoms with Crippen LogP contribution >= 0.6 is 0 Å². The van der Waals surface area contributed by atoms with Crippen molar-refractivity contribution < 1.29 is 14.0 Å². The first-order valence-electron chi connectivity index (χ1n) is 12.6. The molecule has 0 saturated heterocycles. The molecular weight excluding hydrogens is 469 g/mol. The maximum atomic E-state index is 15.3. The van der Waals surface area contributed by atoms with Gasteiger partial charge in [0.2, 0.25) is 11.8 Å². The van der Waals surface area contributed by atoms with E-state index >= 15 is 4.39 Å². The number of anilines is 1. The summed E-state index contributed by atoms with van der Waals surface area (Å²) in [7, 11) is 0. The van der Waals surface area contributed by atoms with Gasteiger partial charge in [0.05, 0.1) is 5.52 Å². The predicted molar refractivity (Wildman–Crippen MR) is 140 cm³/mol. The number of carbonyl (C=O) groups is 2. The fourth-order valence-electron chi connectivity index (χ4n) is 5.08. The molecule has 1 aliphatic rings. The van der Waals surface area contributed by atoms with Crippen molar-refractivity contribution in [3.63, 3.8) is 0 Å². The number of carbonyl (C=O) groups excluding carboxylic acids is 2. The molecule has 7 nitrogen and oxygen atoms in total. The molecule has 8 heteroatoms. The van der Waals surface area contributed by atoms with E-state index in [0.29, 0.717) is 16.7 Å². The highest BCUT2D eigenvalue weighted by Crippen LogP contribution is 2.33. The van der Waals surface area contributed by atoms with Crippen molar-refractivity contribution in [2.45, 2.75) is 58.2 Å². The maximum absolute atomic E-state index is 15.3. The van der Waals surface area contributed by atoms with Gasteiger partial charge < -0.3 is 5.32 Å². The molecule has 0 unspecified atom stereocenters. The fraction of sp³-hybridized carbons (Fsp3) is 0.310. The van der Waals surface area contributed by atoms with Crippen LogP contribution in [0.1, 0.15) is 48.4 Å². The van der Waals surface area contributed by atoms with Crippen molar-refractivity contribution in [1.82, 2.24) is 20.3 Å². The summed E-state index contributed by atoms with van der Waals surface area (Å²) in [5.41, 5.74) is 3.80. The molecular formula is C29H30FN5O2. The minimum atomic E-state index is -1.19. The average Bonchev–Trinajstić information content (AvgIpc) is 3.55. The van der Waals surface area contributed by atoms with Crippen LogP contribution in [0.2, 0.25) is 0 Å². The first kappa shape index (κ1) is 24.6. The summed E-state index contributed by atoms with van der Waals surface area (Å²) in [6.07, 6.45) is 3.82. The third-order valence-corrected chi connectivity index (χ3v) is 7.01. The van der Waals surface area contributed by atoms with E-state index < -0.39 is 17.8 Å². The Kier molecular flexibility index (Phi) is 6.99. The Labute approximate surface area is 215 Å². The van der Waals surface area contributed by atoms with E-state index in [0.717, 1.165) is 36.8 Å². The number of nitrogens with zero attached hydrogens (tertiary/aromatic N) is 4. The smallest absolute Gasteiger partial charge is 0.249 e. The van der Waals surface area contributed by atoms with Crippen molar-refractivity contribution in [3.8, 4) is 0 Å². The molecule has 2 amide bonds. The summed E-state index contributed by atoms with van der Waals surface area (Å²) in [5.74, 6) is -1.32. The summed E-state index contributed by atoms with van der Waals surface area (Å²) in [6, 6.07) is 18.1. The molecule has 3 aromatic carbocycles. The second kappa shape index (κ2) is 10.5. The normalized spacial score (nSPS) is 14.6. The Hall–Kier alpha value is -4.07. The lowest BCUT2D eigenvalue weighted by atomic mass is 10.00. The predicted octanol–water partition coefficient (Wildman–Crippen LogP) is 5.02. The zero-order valence-electron chi connectivity index (χ0n) is 21.0. The largest absolute Gasteiger partial charge is 0.351 e. The number of hydrogen-bond donors (Lipinski definition) is 1. The van der Waals surface area contributed by atoms with Gasteiger partial charge in [-0.25, -0.2) is 9.07 Å². The monoisotopic (exact) mass is 499 g/mol. The van der Waals surface area contributed by atoms with Gasteiger partial charge in [-0.1, -0.05) is 60.5 Å². The van der Waals surface area contributed by atoms with E-state index in [1.165, 1.54) is 15.6 Å². The molecule has 0 spiro atoms. The molecule has 1 atom stereocenters. The Morgan fingerprint density at radius 3 is 2.57 bits per heavy atom. The molecule has 1 heterocycles. The molecule has 190 valence electrons. The molecule has 0 radical (unpaired) electrons. The summed E-state index contributed by atoms with van der Waals surface area (Å²) in [6.45, 7) is 3.65. The van der Waals surface area contributed by atoms with Crippen LogP contribution in [0.4, 0.5) is 10.1 Å². The number of hydrogen-bond acceptors (Lipinski definition) is 4. The molecule has 37 heavy (non-hydrogen) atoms. The second-order valence-electron chi connectivity index (χ2n) is 9.70. The van der Waals surface area contributed by atoms with Crippen LogP contribution in [0, 0.1) is 19.7 Å². The van der Waals surface area contributed by atoms with Crippen LogP contribution < -0.4 is 10.2 Å². The number of para-hydroxylation sites is 1. The van der Waals surface area contributed by atoms with Crippen LogP contribution in [0.25, 0.3) is 11.0 Å².